The van der Waals surface area contributed by atoms with Gasteiger partial charge in [-0.15, -0.1) is 0 Å². The van der Waals surface area contributed by atoms with Gasteiger partial charge < -0.3 is 14.8 Å². The van der Waals surface area contributed by atoms with Crippen LogP contribution in [-0.2, 0) is 24.1 Å². The van der Waals surface area contributed by atoms with E-state index in [1.165, 1.54) is 17.7 Å². The smallest absolute Gasteiger partial charge is 0.225 e. The molecule has 0 radical (unpaired) electrons. The zero-order valence-electron chi connectivity index (χ0n) is 20.8. The number of aromatic amines is 1. The van der Waals surface area contributed by atoms with Crippen LogP contribution in [0.1, 0.15) is 29.8 Å². The molecule has 1 aliphatic rings. The van der Waals surface area contributed by atoms with Crippen LogP contribution in [0.3, 0.4) is 0 Å². The van der Waals surface area contributed by atoms with Crippen molar-refractivity contribution in [2.24, 2.45) is 0 Å². The second-order valence-corrected chi connectivity index (χ2v) is 9.27. The van der Waals surface area contributed by atoms with Gasteiger partial charge in [0.05, 0.1) is 5.69 Å². The van der Waals surface area contributed by atoms with Crippen molar-refractivity contribution in [3.8, 4) is 11.4 Å². The fourth-order valence-corrected chi connectivity index (χ4v) is 4.70. The topological polar surface area (TPSA) is 78.0 Å². The summed E-state index contributed by atoms with van der Waals surface area (Å²) in [4.78, 5) is 33.9. The fourth-order valence-electron chi connectivity index (χ4n) is 4.70. The zero-order valence-corrected chi connectivity index (χ0v) is 20.8. The van der Waals surface area contributed by atoms with Crippen LogP contribution >= 0.6 is 0 Å². The number of H-pyrrole nitrogens is 1. The molecule has 1 saturated heterocycles. The average Bonchev–Trinajstić information content (AvgIpc) is 3.36. The molecule has 1 fully saturated rings. The van der Waals surface area contributed by atoms with E-state index < -0.39 is 0 Å². The molecule has 1 aliphatic heterocycles. The van der Waals surface area contributed by atoms with Gasteiger partial charge in [0, 0.05) is 56.3 Å². The van der Waals surface area contributed by atoms with Gasteiger partial charge in [0.25, 0.3) is 0 Å². The molecule has 8 heteroatoms. The summed E-state index contributed by atoms with van der Waals surface area (Å²) < 4.78 is 13.4. The van der Waals surface area contributed by atoms with E-state index >= 15 is 0 Å². The number of rotatable bonds is 9. The van der Waals surface area contributed by atoms with Gasteiger partial charge in [-0.25, -0.2) is 19.3 Å². The first-order valence-corrected chi connectivity index (χ1v) is 12.8. The van der Waals surface area contributed by atoms with Gasteiger partial charge in [0.2, 0.25) is 11.9 Å². The maximum Gasteiger partial charge on any atom is 0.225 e. The SMILES string of the molecule is O=C(CCCc1[nH]c(-c2ccc(F)cc2)nc1CCc1ccccc1)N1CCN(c2ncccn2)CC1. The Kier molecular flexibility index (Phi) is 7.84. The third-order valence-electron chi connectivity index (χ3n) is 6.76. The minimum Gasteiger partial charge on any atom is -0.342 e. The Bertz CT molecular complexity index is 1290. The molecule has 3 heterocycles. The Hall–Kier alpha value is -4.07. The Labute approximate surface area is 216 Å². The third-order valence-corrected chi connectivity index (χ3v) is 6.76. The van der Waals surface area contributed by atoms with Crippen molar-refractivity contribution >= 4 is 11.9 Å². The predicted octanol–water partition coefficient (Wildman–Crippen LogP) is 4.46. The number of carbonyl (C=O) groups excluding carboxylic acids is 1. The van der Waals surface area contributed by atoms with Gasteiger partial charge in [0.1, 0.15) is 11.6 Å². The molecule has 1 amide bonds. The average molecular weight is 499 g/mol. The largest absolute Gasteiger partial charge is 0.342 e. The molecule has 37 heavy (non-hydrogen) atoms. The summed E-state index contributed by atoms with van der Waals surface area (Å²) in [7, 11) is 0. The van der Waals surface area contributed by atoms with Crippen LogP contribution < -0.4 is 4.90 Å². The first-order chi connectivity index (χ1) is 18.2. The number of benzene rings is 2. The van der Waals surface area contributed by atoms with Crippen molar-refractivity contribution in [3.63, 3.8) is 0 Å². The van der Waals surface area contributed by atoms with Gasteiger partial charge in [-0.05, 0) is 61.6 Å². The van der Waals surface area contributed by atoms with Gasteiger partial charge in [0.15, 0.2) is 0 Å². The highest BCUT2D eigenvalue weighted by Crippen LogP contribution is 2.22. The summed E-state index contributed by atoms with van der Waals surface area (Å²) in [5.74, 6) is 1.37. The van der Waals surface area contributed by atoms with Gasteiger partial charge in [-0.3, -0.25) is 4.79 Å². The van der Waals surface area contributed by atoms with Crippen LogP contribution in [0.5, 0.6) is 0 Å². The number of imidazole rings is 1. The number of amides is 1. The molecule has 0 bridgehead atoms. The number of piperazine rings is 1. The van der Waals surface area contributed by atoms with Crippen LogP contribution in [0.25, 0.3) is 11.4 Å². The third kappa shape index (κ3) is 6.39. The van der Waals surface area contributed by atoms with E-state index in [1.807, 2.05) is 23.1 Å². The molecular formula is C29H31FN6O. The Morgan fingerprint density at radius 2 is 1.59 bits per heavy atom. The molecule has 190 valence electrons. The first kappa shape index (κ1) is 24.6. The number of aryl methyl sites for hydroxylation is 3. The monoisotopic (exact) mass is 498 g/mol. The van der Waals surface area contributed by atoms with Crippen molar-refractivity contribution < 1.29 is 9.18 Å². The molecule has 7 nitrogen and oxygen atoms in total. The minimum atomic E-state index is -0.268. The molecule has 2 aromatic heterocycles. The number of carbonyl (C=O) groups is 1. The number of halogens is 1. The Morgan fingerprint density at radius 1 is 0.865 bits per heavy atom. The number of hydrogen-bond acceptors (Lipinski definition) is 5. The van der Waals surface area contributed by atoms with Crippen molar-refractivity contribution in [1.29, 1.82) is 0 Å². The number of aromatic nitrogens is 4. The molecular weight excluding hydrogens is 467 g/mol. The van der Waals surface area contributed by atoms with E-state index in [9.17, 15) is 9.18 Å². The molecule has 0 saturated carbocycles. The van der Waals surface area contributed by atoms with Crippen molar-refractivity contribution in [2.45, 2.75) is 32.1 Å². The summed E-state index contributed by atoms with van der Waals surface area (Å²) in [6.07, 6.45) is 7.14. The van der Waals surface area contributed by atoms with Gasteiger partial charge >= 0.3 is 0 Å². The summed E-state index contributed by atoms with van der Waals surface area (Å²) in [5, 5.41) is 0. The van der Waals surface area contributed by atoms with Gasteiger partial charge in [-0.1, -0.05) is 30.3 Å². The minimum absolute atomic E-state index is 0.178. The second kappa shape index (κ2) is 11.8. The lowest BCUT2D eigenvalue weighted by Gasteiger charge is -2.34. The molecule has 2 aromatic carbocycles. The number of nitrogens with zero attached hydrogens (tertiary/aromatic N) is 5. The highest BCUT2D eigenvalue weighted by atomic mass is 19.1. The molecule has 0 atom stereocenters. The van der Waals surface area contributed by atoms with Crippen LogP contribution in [-0.4, -0.2) is 56.9 Å². The number of anilines is 1. The quantitative estimate of drug-likeness (QED) is 0.369. The lowest BCUT2D eigenvalue weighted by Crippen LogP contribution is -2.49. The van der Waals surface area contributed by atoms with Crippen LogP contribution in [0.4, 0.5) is 10.3 Å². The van der Waals surface area contributed by atoms with Crippen molar-refractivity contribution in [2.75, 3.05) is 31.1 Å². The van der Waals surface area contributed by atoms with Crippen molar-refractivity contribution in [3.05, 3.63) is 95.8 Å². The van der Waals surface area contributed by atoms with Gasteiger partial charge in [-0.2, -0.15) is 0 Å². The first-order valence-electron chi connectivity index (χ1n) is 12.8. The summed E-state index contributed by atoms with van der Waals surface area (Å²) >= 11 is 0. The number of nitrogens with one attached hydrogen (secondary N) is 1. The van der Waals surface area contributed by atoms with E-state index in [4.69, 9.17) is 4.98 Å². The van der Waals surface area contributed by atoms with E-state index in [-0.39, 0.29) is 11.7 Å². The van der Waals surface area contributed by atoms with Crippen LogP contribution in [0, 0.1) is 5.82 Å². The Morgan fingerprint density at radius 3 is 2.32 bits per heavy atom. The van der Waals surface area contributed by atoms with Crippen LogP contribution in [0.15, 0.2) is 73.1 Å². The zero-order chi connectivity index (χ0) is 25.5. The Balaban J connectivity index is 1.19. The summed E-state index contributed by atoms with van der Waals surface area (Å²) in [6, 6.07) is 18.5. The lowest BCUT2D eigenvalue weighted by molar-refractivity contribution is -0.131. The number of hydrogen-bond donors (Lipinski definition) is 1. The van der Waals surface area contributed by atoms with E-state index in [0.717, 1.165) is 61.5 Å². The molecule has 1 N–H and O–H groups in total. The fraction of sp³-hybridized carbons (Fsp3) is 0.310. The van der Waals surface area contributed by atoms with Crippen molar-refractivity contribution in [1.82, 2.24) is 24.8 Å². The molecule has 4 aromatic rings. The maximum atomic E-state index is 13.4. The van der Waals surface area contributed by atoms with Crippen LogP contribution in [0.2, 0.25) is 0 Å². The normalized spacial score (nSPS) is 13.6. The molecule has 5 rings (SSSR count). The van der Waals surface area contributed by atoms with E-state index in [2.05, 4.69) is 32.0 Å². The van der Waals surface area contributed by atoms with E-state index in [1.54, 1.807) is 30.6 Å². The molecule has 0 spiro atoms. The lowest BCUT2D eigenvalue weighted by atomic mass is 10.1. The molecule has 0 aliphatic carbocycles. The summed E-state index contributed by atoms with van der Waals surface area (Å²) in [6.45, 7) is 2.83. The summed E-state index contributed by atoms with van der Waals surface area (Å²) in [5.41, 5.74) is 4.17. The highest BCUT2D eigenvalue weighted by molar-refractivity contribution is 5.76. The predicted molar refractivity (Wildman–Crippen MR) is 142 cm³/mol. The maximum absolute atomic E-state index is 13.4. The highest BCUT2D eigenvalue weighted by Gasteiger charge is 2.22. The second-order valence-electron chi connectivity index (χ2n) is 9.27. The standard InChI is InChI=1S/C29H31FN6O/c30-24-13-11-23(12-14-24)28-33-25(26(34-28)15-10-22-6-2-1-3-7-22)8-4-9-27(37)35-18-20-36(21-19-35)29-31-16-5-17-32-29/h1-3,5-7,11-14,16-17H,4,8-10,15,18-21H2,(H,33,34). The van der Waals surface area contributed by atoms with E-state index in [0.29, 0.717) is 25.5 Å². The molecule has 0 unspecified atom stereocenters.